The lowest BCUT2D eigenvalue weighted by molar-refractivity contribution is -0.114. The van der Waals surface area contributed by atoms with Crippen LogP contribution >= 0.6 is 11.6 Å². The highest BCUT2D eigenvalue weighted by molar-refractivity contribution is 6.50. The number of hydrogen-bond acceptors (Lipinski definition) is 3. The third-order valence-electron chi connectivity index (χ3n) is 3.44. The van der Waals surface area contributed by atoms with Crippen LogP contribution < -0.4 is 10.8 Å². The highest BCUT2D eigenvalue weighted by Gasteiger charge is 2.35. The number of carbonyl (C=O) groups excluding carboxylic acids is 1. The van der Waals surface area contributed by atoms with Gasteiger partial charge in [0.15, 0.2) is 0 Å². The van der Waals surface area contributed by atoms with Gasteiger partial charge in [-0.25, -0.2) is 0 Å². The van der Waals surface area contributed by atoms with E-state index in [9.17, 15) is 9.90 Å². The molecule has 4 nitrogen and oxygen atoms in total. The molecular weight excluding hydrogens is 276 g/mol. The second-order valence-electron chi connectivity index (χ2n) is 5.84. The van der Waals surface area contributed by atoms with Crippen molar-refractivity contribution in [2.24, 2.45) is 0 Å². The van der Waals surface area contributed by atoms with Gasteiger partial charge in [0.1, 0.15) is 0 Å². The molecule has 0 aromatic heterocycles. The summed E-state index contributed by atoms with van der Waals surface area (Å²) >= 11 is 5.93. The Hall–Kier alpha value is -1.04. The van der Waals surface area contributed by atoms with Crippen molar-refractivity contribution >= 4 is 36.1 Å². The van der Waals surface area contributed by atoms with Gasteiger partial charge in [-0.05, 0) is 45.3 Å². The molecule has 0 aliphatic heterocycles. The van der Waals surface area contributed by atoms with Crippen LogP contribution in [-0.2, 0) is 9.45 Å². The van der Waals surface area contributed by atoms with Crippen molar-refractivity contribution < 1.29 is 14.6 Å². The monoisotopic (exact) mass is 297 g/mol. The van der Waals surface area contributed by atoms with Crippen LogP contribution in [0.1, 0.15) is 34.6 Å². The lowest BCUT2D eigenvalue weighted by Crippen LogP contribution is -2.49. The molecule has 0 radical (unpaired) electrons. The van der Waals surface area contributed by atoms with E-state index in [4.69, 9.17) is 16.3 Å². The van der Waals surface area contributed by atoms with E-state index in [0.29, 0.717) is 10.7 Å². The zero-order chi connectivity index (χ0) is 15.6. The van der Waals surface area contributed by atoms with Gasteiger partial charge in [0, 0.05) is 17.6 Å². The van der Waals surface area contributed by atoms with Gasteiger partial charge in [-0.15, -0.1) is 0 Å². The molecule has 6 heteroatoms. The van der Waals surface area contributed by atoms with Gasteiger partial charge in [-0.3, -0.25) is 4.79 Å². The minimum absolute atomic E-state index is 0.171. The van der Waals surface area contributed by atoms with E-state index in [-0.39, 0.29) is 13.4 Å². The Balaban J connectivity index is 2.90. The summed E-state index contributed by atoms with van der Waals surface area (Å²) in [5, 5.41) is 13.3. The van der Waals surface area contributed by atoms with Crippen molar-refractivity contribution in [1.82, 2.24) is 0 Å². The number of hydrogen-bond donors (Lipinski definition) is 2. The number of anilines is 1. The first-order valence-corrected chi connectivity index (χ1v) is 6.83. The minimum Gasteiger partial charge on any atom is -0.427 e. The molecule has 0 aliphatic rings. The van der Waals surface area contributed by atoms with Crippen molar-refractivity contribution in [3.8, 4) is 0 Å². The molecule has 2 N–H and O–H groups in total. The minimum atomic E-state index is -0.979. The molecule has 0 aliphatic carbocycles. The molecule has 1 rings (SSSR count). The number of benzene rings is 1. The van der Waals surface area contributed by atoms with Gasteiger partial charge < -0.3 is 15.1 Å². The number of amides is 1. The summed E-state index contributed by atoms with van der Waals surface area (Å²) in [5.41, 5.74) is -0.272. The molecule has 0 saturated heterocycles. The fourth-order valence-corrected chi connectivity index (χ4v) is 1.59. The van der Waals surface area contributed by atoms with Gasteiger partial charge in [-0.2, -0.15) is 0 Å². The Kier molecular flexibility index (Phi) is 5.24. The third kappa shape index (κ3) is 4.51. The van der Waals surface area contributed by atoms with Crippen molar-refractivity contribution in [1.29, 1.82) is 0 Å². The molecule has 1 aromatic carbocycles. The fraction of sp³-hybridized carbons (Fsp3) is 0.500. The van der Waals surface area contributed by atoms with Crippen LogP contribution in [0.5, 0.6) is 0 Å². The second kappa shape index (κ2) is 6.16. The summed E-state index contributed by atoms with van der Waals surface area (Å²) in [5.74, 6) is -0.171. The Morgan fingerprint density at radius 2 is 1.95 bits per heavy atom. The molecule has 20 heavy (non-hydrogen) atoms. The van der Waals surface area contributed by atoms with Crippen LogP contribution in [0.3, 0.4) is 0 Å². The first-order valence-electron chi connectivity index (χ1n) is 6.45. The molecule has 0 spiro atoms. The summed E-state index contributed by atoms with van der Waals surface area (Å²) in [6.45, 7) is 8.47. The van der Waals surface area contributed by atoms with Gasteiger partial charge in [0.2, 0.25) is 5.91 Å². The summed E-state index contributed by atoms with van der Waals surface area (Å²) in [4.78, 5) is 11.2. The van der Waals surface area contributed by atoms with Crippen LogP contribution in [0.15, 0.2) is 18.2 Å². The van der Waals surface area contributed by atoms with Crippen LogP contribution in [0, 0.1) is 0 Å². The molecule has 0 fully saturated rings. The van der Waals surface area contributed by atoms with E-state index in [1.165, 1.54) is 6.92 Å². The Morgan fingerprint density at radius 1 is 1.35 bits per heavy atom. The van der Waals surface area contributed by atoms with E-state index in [0.717, 1.165) is 5.46 Å². The smallest absolute Gasteiger partial charge is 0.311 e. The number of aliphatic hydroxyl groups is 1. The molecule has 1 amide bonds. The summed E-state index contributed by atoms with van der Waals surface area (Å²) in [6.07, 6.45) is 0. The van der Waals surface area contributed by atoms with E-state index >= 15 is 0 Å². The van der Waals surface area contributed by atoms with Crippen molar-refractivity contribution in [3.63, 3.8) is 0 Å². The van der Waals surface area contributed by atoms with Crippen LogP contribution in [0.25, 0.3) is 0 Å². The molecule has 1 aromatic rings. The van der Waals surface area contributed by atoms with E-state index < -0.39 is 11.2 Å². The van der Waals surface area contributed by atoms with Crippen LogP contribution in [0.4, 0.5) is 5.69 Å². The zero-order valence-electron chi connectivity index (χ0n) is 12.6. The summed E-state index contributed by atoms with van der Waals surface area (Å²) in [6, 6.07) is 5.22. The third-order valence-corrected chi connectivity index (χ3v) is 3.68. The first-order chi connectivity index (χ1) is 9.03. The Labute approximate surface area is 125 Å². The van der Waals surface area contributed by atoms with Crippen molar-refractivity contribution in [2.45, 2.75) is 45.8 Å². The Bertz CT molecular complexity index is 498. The maximum absolute atomic E-state index is 11.2. The molecule has 0 saturated carbocycles. The zero-order valence-corrected chi connectivity index (χ0v) is 13.3. The SMILES string of the molecule is CC(=O)Nc1cc(Cl)ccc1BOC(C)(C)C(C)(C)O. The van der Waals surface area contributed by atoms with Gasteiger partial charge in [-0.1, -0.05) is 17.7 Å². The average molecular weight is 298 g/mol. The van der Waals surface area contributed by atoms with E-state index in [1.54, 1.807) is 32.0 Å². The summed E-state index contributed by atoms with van der Waals surface area (Å²) < 4.78 is 5.80. The number of rotatable bonds is 5. The Morgan fingerprint density at radius 3 is 2.45 bits per heavy atom. The summed E-state index contributed by atoms with van der Waals surface area (Å²) in [7, 11) is 0.268. The lowest BCUT2D eigenvalue weighted by Gasteiger charge is -2.37. The van der Waals surface area contributed by atoms with Crippen molar-refractivity contribution in [2.75, 3.05) is 5.32 Å². The van der Waals surface area contributed by atoms with Crippen LogP contribution in [-0.4, -0.2) is 29.7 Å². The number of carbonyl (C=O) groups is 1. The maximum atomic E-state index is 11.2. The predicted octanol–water partition coefficient (Wildman–Crippen LogP) is 1.84. The van der Waals surface area contributed by atoms with Crippen LogP contribution in [0.2, 0.25) is 5.02 Å². The second-order valence-corrected chi connectivity index (χ2v) is 6.28. The van der Waals surface area contributed by atoms with E-state index in [2.05, 4.69) is 5.32 Å². The molecule has 0 bridgehead atoms. The number of halogens is 1. The molecule has 0 heterocycles. The molecular formula is C14H21BClNO3. The molecule has 0 atom stereocenters. The average Bonchev–Trinajstić information content (AvgIpc) is 2.25. The molecule has 110 valence electrons. The highest BCUT2D eigenvalue weighted by Crippen LogP contribution is 2.24. The largest absolute Gasteiger partial charge is 0.427 e. The van der Waals surface area contributed by atoms with Gasteiger partial charge in [0.05, 0.1) is 11.2 Å². The quantitative estimate of drug-likeness (QED) is 0.815. The molecule has 0 unspecified atom stereocenters. The van der Waals surface area contributed by atoms with Gasteiger partial charge in [0.25, 0.3) is 0 Å². The van der Waals surface area contributed by atoms with Crippen molar-refractivity contribution in [3.05, 3.63) is 23.2 Å². The first kappa shape index (κ1) is 17.0. The predicted molar refractivity (Wildman–Crippen MR) is 84.0 cm³/mol. The topological polar surface area (TPSA) is 58.6 Å². The van der Waals surface area contributed by atoms with E-state index in [1.807, 2.05) is 13.8 Å². The highest BCUT2D eigenvalue weighted by atomic mass is 35.5. The number of nitrogens with one attached hydrogen (secondary N) is 1. The standard InChI is InChI=1S/C14H21BClNO3/c1-9(18)17-12-8-10(16)6-7-11(12)15-20-14(4,5)13(2,3)19/h6-8,15,19H,1-5H3,(H,17,18). The van der Waals surface area contributed by atoms with Gasteiger partial charge >= 0.3 is 7.48 Å². The lowest BCUT2D eigenvalue weighted by atomic mass is 9.81. The fourth-order valence-electron chi connectivity index (χ4n) is 1.42. The maximum Gasteiger partial charge on any atom is 0.311 e. The normalized spacial score (nSPS) is 12.2.